The Morgan fingerprint density at radius 2 is 2.22 bits per heavy atom. The lowest BCUT2D eigenvalue weighted by molar-refractivity contribution is 0.358. The molecule has 0 aliphatic carbocycles. The quantitative estimate of drug-likeness (QED) is 0.887. The smallest absolute Gasteiger partial charge is 0.135 e. The number of rotatable bonds is 3. The molecule has 1 unspecified atom stereocenters. The van der Waals surface area contributed by atoms with E-state index in [4.69, 9.17) is 4.74 Å². The highest BCUT2D eigenvalue weighted by atomic mass is 79.9. The third kappa shape index (κ3) is 3.58. The van der Waals surface area contributed by atoms with Crippen molar-refractivity contribution in [3.8, 4) is 5.75 Å². The lowest BCUT2D eigenvalue weighted by Gasteiger charge is -2.35. The molecular weight excluding hydrogens is 310 g/mol. The van der Waals surface area contributed by atoms with Gasteiger partial charge < -0.3 is 10.1 Å². The van der Waals surface area contributed by atoms with E-state index in [1.807, 2.05) is 17.8 Å². The maximum atomic E-state index is 5.32. The fourth-order valence-corrected chi connectivity index (χ4v) is 4.02. The second-order valence-electron chi connectivity index (χ2n) is 5.57. The maximum Gasteiger partial charge on any atom is 0.135 e. The minimum absolute atomic E-state index is 0.431. The summed E-state index contributed by atoms with van der Waals surface area (Å²) in [6.45, 7) is 4.69. The zero-order valence-corrected chi connectivity index (χ0v) is 13.5. The largest absolute Gasteiger partial charge is 0.495 e. The number of anilines is 1. The molecular formula is C14H20BrNOS. The third-order valence-electron chi connectivity index (χ3n) is 3.13. The van der Waals surface area contributed by atoms with E-state index >= 15 is 0 Å². The summed E-state index contributed by atoms with van der Waals surface area (Å²) in [6, 6.07) is 6.72. The minimum Gasteiger partial charge on any atom is -0.495 e. The standard InChI is InChI=1S/C14H20BrNOS/c1-14(2)7-11(8-18-9-14)16-10-4-5-12(15)13(6-10)17-3/h4-6,11,16H,7-9H2,1-3H3. The van der Waals surface area contributed by atoms with Gasteiger partial charge in [-0.15, -0.1) is 0 Å². The summed E-state index contributed by atoms with van der Waals surface area (Å²) in [5, 5.41) is 3.62. The van der Waals surface area contributed by atoms with Gasteiger partial charge in [0.15, 0.2) is 0 Å². The molecule has 0 saturated carbocycles. The highest BCUT2D eigenvalue weighted by Crippen LogP contribution is 2.35. The Morgan fingerprint density at radius 3 is 2.89 bits per heavy atom. The van der Waals surface area contributed by atoms with Gasteiger partial charge in [0.05, 0.1) is 11.6 Å². The van der Waals surface area contributed by atoms with Gasteiger partial charge in [-0.2, -0.15) is 11.8 Å². The number of thioether (sulfide) groups is 1. The number of benzene rings is 1. The van der Waals surface area contributed by atoms with Crippen molar-refractivity contribution in [1.29, 1.82) is 0 Å². The van der Waals surface area contributed by atoms with Crippen LogP contribution in [0, 0.1) is 5.41 Å². The van der Waals surface area contributed by atoms with Crippen LogP contribution in [0.3, 0.4) is 0 Å². The predicted molar refractivity (Wildman–Crippen MR) is 83.8 cm³/mol. The summed E-state index contributed by atoms with van der Waals surface area (Å²) in [4.78, 5) is 0. The first-order valence-electron chi connectivity index (χ1n) is 6.18. The highest BCUT2D eigenvalue weighted by Gasteiger charge is 2.28. The number of hydrogen-bond donors (Lipinski definition) is 1. The topological polar surface area (TPSA) is 21.3 Å². The van der Waals surface area contributed by atoms with Gasteiger partial charge in [-0.05, 0) is 45.7 Å². The Bertz CT molecular complexity index is 422. The summed E-state index contributed by atoms with van der Waals surface area (Å²) < 4.78 is 6.32. The van der Waals surface area contributed by atoms with Crippen molar-refractivity contribution >= 4 is 33.4 Å². The SMILES string of the molecule is COc1cc(NC2CSCC(C)(C)C2)ccc1Br. The molecule has 0 bridgehead atoms. The van der Waals surface area contributed by atoms with Crippen LogP contribution in [0.15, 0.2) is 22.7 Å². The zero-order valence-electron chi connectivity index (χ0n) is 11.1. The van der Waals surface area contributed by atoms with E-state index in [2.05, 4.69) is 47.2 Å². The fraction of sp³-hybridized carbons (Fsp3) is 0.571. The Labute approximate surface area is 122 Å². The Kier molecular flexibility index (Phi) is 4.49. The van der Waals surface area contributed by atoms with E-state index < -0.39 is 0 Å². The second-order valence-corrected chi connectivity index (χ2v) is 7.46. The lowest BCUT2D eigenvalue weighted by atomic mass is 9.88. The zero-order chi connectivity index (χ0) is 13.2. The number of hydrogen-bond acceptors (Lipinski definition) is 3. The Hall–Kier alpha value is -0.350. The Morgan fingerprint density at radius 1 is 1.44 bits per heavy atom. The third-order valence-corrected chi connectivity index (χ3v) is 5.41. The van der Waals surface area contributed by atoms with Gasteiger partial charge in [0.2, 0.25) is 0 Å². The van der Waals surface area contributed by atoms with Crippen LogP contribution in [0.1, 0.15) is 20.3 Å². The number of halogens is 1. The van der Waals surface area contributed by atoms with Gasteiger partial charge in [-0.1, -0.05) is 13.8 Å². The molecule has 1 aliphatic heterocycles. The molecule has 1 fully saturated rings. The van der Waals surface area contributed by atoms with Gasteiger partial charge in [-0.3, -0.25) is 0 Å². The molecule has 0 spiro atoms. The number of ether oxygens (including phenoxy) is 1. The molecule has 1 saturated heterocycles. The molecule has 1 aromatic carbocycles. The molecule has 1 aliphatic rings. The summed E-state index contributed by atoms with van der Waals surface area (Å²) in [5.74, 6) is 3.32. The number of methoxy groups -OCH3 is 1. The van der Waals surface area contributed by atoms with E-state index in [9.17, 15) is 0 Å². The van der Waals surface area contributed by atoms with Gasteiger partial charge in [-0.25, -0.2) is 0 Å². The van der Waals surface area contributed by atoms with Gasteiger partial charge in [0, 0.05) is 23.5 Å². The van der Waals surface area contributed by atoms with Crippen molar-refractivity contribution in [1.82, 2.24) is 0 Å². The van der Waals surface area contributed by atoms with E-state index in [-0.39, 0.29) is 0 Å². The minimum atomic E-state index is 0.431. The first-order valence-corrected chi connectivity index (χ1v) is 8.13. The van der Waals surface area contributed by atoms with Crippen molar-refractivity contribution < 1.29 is 4.74 Å². The van der Waals surface area contributed by atoms with E-state index in [1.54, 1.807) is 7.11 Å². The van der Waals surface area contributed by atoms with Crippen LogP contribution in [0.2, 0.25) is 0 Å². The predicted octanol–water partition coefficient (Wildman–Crippen LogP) is 4.40. The summed E-state index contributed by atoms with van der Waals surface area (Å²) in [7, 11) is 1.70. The van der Waals surface area contributed by atoms with Crippen LogP contribution in [0.5, 0.6) is 5.75 Å². The van der Waals surface area contributed by atoms with Gasteiger partial charge in [0.1, 0.15) is 5.75 Å². The first-order chi connectivity index (χ1) is 8.50. The summed E-state index contributed by atoms with van der Waals surface area (Å²) in [5.41, 5.74) is 1.57. The fourth-order valence-electron chi connectivity index (χ4n) is 2.34. The molecule has 4 heteroatoms. The van der Waals surface area contributed by atoms with Crippen LogP contribution in [0.4, 0.5) is 5.69 Å². The molecule has 0 radical (unpaired) electrons. The van der Waals surface area contributed by atoms with Crippen molar-refractivity contribution in [3.63, 3.8) is 0 Å². The first kappa shape index (κ1) is 14.1. The molecule has 1 N–H and O–H groups in total. The van der Waals surface area contributed by atoms with Crippen molar-refractivity contribution in [3.05, 3.63) is 22.7 Å². The van der Waals surface area contributed by atoms with E-state index in [1.165, 1.54) is 17.9 Å². The highest BCUT2D eigenvalue weighted by molar-refractivity contribution is 9.10. The molecule has 0 aromatic heterocycles. The van der Waals surface area contributed by atoms with E-state index in [0.29, 0.717) is 11.5 Å². The normalized spacial score (nSPS) is 22.6. The van der Waals surface area contributed by atoms with Crippen LogP contribution in [0.25, 0.3) is 0 Å². The summed E-state index contributed by atoms with van der Waals surface area (Å²) >= 11 is 5.52. The monoisotopic (exact) mass is 329 g/mol. The van der Waals surface area contributed by atoms with Gasteiger partial charge in [0.25, 0.3) is 0 Å². The molecule has 1 heterocycles. The maximum absolute atomic E-state index is 5.32. The average molecular weight is 330 g/mol. The average Bonchev–Trinajstić information content (AvgIpc) is 2.30. The molecule has 0 amide bonds. The van der Waals surface area contributed by atoms with Crippen molar-refractivity contribution in [2.45, 2.75) is 26.3 Å². The van der Waals surface area contributed by atoms with Crippen LogP contribution in [-0.4, -0.2) is 24.7 Å². The van der Waals surface area contributed by atoms with Gasteiger partial charge >= 0.3 is 0 Å². The van der Waals surface area contributed by atoms with Crippen molar-refractivity contribution in [2.75, 3.05) is 23.9 Å². The number of nitrogens with one attached hydrogen (secondary N) is 1. The molecule has 1 atom stereocenters. The molecule has 18 heavy (non-hydrogen) atoms. The molecule has 100 valence electrons. The van der Waals surface area contributed by atoms with E-state index in [0.717, 1.165) is 15.9 Å². The molecule has 2 nitrogen and oxygen atoms in total. The van der Waals surface area contributed by atoms with Crippen LogP contribution in [-0.2, 0) is 0 Å². The second kappa shape index (κ2) is 5.74. The molecule has 1 aromatic rings. The van der Waals surface area contributed by atoms with Crippen LogP contribution < -0.4 is 10.1 Å². The van der Waals surface area contributed by atoms with Crippen molar-refractivity contribution in [2.24, 2.45) is 5.41 Å². The van der Waals surface area contributed by atoms with Crippen LogP contribution >= 0.6 is 27.7 Å². The molecule has 2 rings (SSSR count). The Balaban J connectivity index is 2.05. The summed E-state index contributed by atoms with van der Waals surface area (Å²) in [6.07, 6.45) is 1.22. The lowest BCUT2D eigenvalue weighted by Crippen LogP contribution is -2.35.